The van der Waals surface area contributed by atoms with Crippen molar-refractivity contribution in [1.82, 2.24) is 5.32 Å². The van der Waals surface area contributed by atoms with E-state index in [-0.39, 0.29) is 19.8 Å². The molecule has 0 rings (SSSR count). The van der Waals surface area contributed by atoms with E-state index in [4.69, 9.17) is 10.8 Å². The molecule has 0 aromatic rings. The lowest BCUT2D eigenvalue weighted by atomic mass is 10.3. The number of amides is 1. The maximum absolute atomic E-state index is 10.5. The quantitative estimate of drug-likeness (QED) is 0.450. The van der Waals surface area contributed by atoms with Crippen molar-refractivity contribution in [3.8, 4) is 0 Å². The molecule has 1 atom stereocenters. The van der Waals surface area contributed by atoms with Gasteiger partial charge in [0.15, 0.2) is 0 Å². The van der Waals surface area contributed by atoms with Crippen molar-refractivity contribution in [2.45, 2.75) is 6.04 Å². The second-order valence-electron chi connectivity index (χ2n) is 2.47. The van der Waals surface area contributed by atoms with Gasteiger partial charge in [0.2, 0.25) is 0 Å². The number of rotatable bonds is 7. The number of carboxylic acids is 1. The predicted molar refractivity (Wildman–Crippen MR) is 46.8 cm³/mol. The van der Waals surface area contributed by atoms with Crippen LogP contribution in [0.5, 0.6) is 0 Å². The molecule has 82 valence electrons. The average molecular weight is 206 g/mol. The van der Waals surface area contributed by atoms with Gasteiger partial charge < -0.3 is 20.3 Å². The molecule has 0 aromatic carbocycles. The maximum atomic E-state index is 10.5. The highest BCUT2D eigenvalue weighted by atomic mass is 16.5. The summed E-state index contributed by atoms with van der Waals surface area (Å²) < 4.78 is 9.06. The second kappa shape index (κ2) is 7.10. The zero-order valence-electron chi connectivity index (χ0n) is 7.86. The third-order valence-electron chi connectivity index (χ3n) is 1.37. The zero-order chi connectivity index (χ0) is 11.0. The van der Waals surface area contributed by atoms with Crippen molar-refractivity contribution < 1.29 is 24.2 Å². The van der Waals surface area contributed by atoms with Gasteiger partial charge in [-0.15, -0.1) is 0 Å². The Labute approximate surface area is 81.2 Å². The van der Waals surface area contributed by atoms with Crippen molar-refractivity contribution in [2.75, 3.05) is 26.9 Å². The lowest BCUT2D eigenvalue weighted by Gasteiger charge is -2.12. The first-order chi connectivity index (χ1) is 6.57. The first kappa shape index (κ1) is 12.7. The molecule has 7 heteroatoms. The molecule has 14 heavy (non-hydrogen) atoms. The molecule has 7 nitrogen and oxygen atoms in total. The fraction of sp³-hybridized carbons (Fsp3) is 0.714. The summed E-state index contributed by atoms with van der Waals surface area (Å²) in [6.45, 7) is 0.290. The van der Waals surface area contributed by atoms with Crippen molar-refractivity contribution in [3.63, 3.8) is 0 Å². The standard InChI is InChI=1S/C7H14N2O5/c1-13-4-5(6(10)11)9-2-3-14-7(8)12/h5,9H,2-4H2,1H3,(H2,8,12)(H,10,11). The van der Waals surface area contributed by atoms with Crippen LogP contribution in [0.1, 0.15) is 0 Å². The Bertz CT molecular complexity index is 197. The van der Waals surface area contributed by atoms with E-state index in [1.165, 1.54) is 7.11 Å². The Morgan fingerprint density at radius 3 is 2.64 bits per heavy atom. The van der Waals surface area contributed by atoms with Gasteiger partial charge in [0.05, 0.1) is 6.61 Å². The monoisotopic (exact) mass is 206 g/mol. The number of ether oxygens (including phenoxy) is 2. The first-order valence-electron chi connectivity index (χ1n) is 3.95. The Balaban J connectivity index is 3.61. The minimum absolute atomic E-state index is 0.0306. The number of hydrogen-bond donors (Lipinski definition) is 3. The number of hydrogen-bond acceptors (Lipinski definition) is 5. The number of primary amides is 1. The van der Waals surface area contributed by atoms with Crippen molar-refractivity contribution in [2.24, 2.45) is 5.73 Å². The van der Waals surface area contributed by atoms with E-state index in [0.29, 0.717) is 0 Å². The summed E-state index contributed by atoms with van der Waals surface area (Å²) >= 11 is 0. The minimum atomic E-state index is -1.02. The van der Waals surface area contributed by atoms with Crippen LogP contribution in [0, 0.1) is 0 Å². The zero-order valence-corrected chi connectivity index (χ0v) is 7.86. The highest BCUT2D eigenvalue weighted by Gasteiger charge is 2.15. The minimum Gasteiger partial charge on any atom is -0.480 e. The molecule has 0 heterocycles. The fourth-order valence-corrected chi connectivity index (χ4v) is 0.769. The van der Waals surface area contributed by atoms with Crippen molar-refractivity contribution in [1.29, 1.82) is 0 Å². The number of aliphatic carboxylic acids is 1. The number of methoxy groups -OCH3 is 1. The van der Waals surface area contributed by atoms with Crippen LogP contribution in [-0.2, 0) is 14.3 Å². The summed E-state index contributed by atoms with van der Waals surface area (Å²) in [5, 5.41) is 11.3. The van der Waals surface area contributed by atoms with Crippen LogP contribution in [0.3, 0.4) is 0 Å². The molecule has 0 bridgehead atoms. The van der Waals surface area contributed by atoms with Crippen molar-refractivity contribution in [3.05, 3.63) is 0 Å². The molecule has 0 radical (unpaired) electrons. The van der Waals surface area contributed by atoms with Crippen LogP contribution in [0.15, 0.2) is 0 Å². The summed E-state index contributed by atoms with van der Waals surface area (Å²) in [5.74, 6) is -1.02. The molecule has 0 saturated heterocycles. The molecule has 4 N–H and O–H groups in total. The van der Waals surface area contributed by atoms with Gasteiger partial charge in [-0.3, -0.25) is 10.1 Å². The van der Waals surface area contributed by atoms with Gasteiger partial charge >= 0.3 is 12.1 Å². The summed E-state index contributed by atoms with van der Waals surface area (Å²) in [5.41, 5.74) is 4.70. The summed E-state index contributed by atoms with van der Waals surface area (Å²) in [6.07, 6.45) is -0.884. The van der Waals surface area contributed by atoms with E-state index in [9.17, 15) is 9.59 Å². The molecule has 0 spiro atoms. The Kier molecular flexibility index (Phi) is 6.42. The molecule has 0 aliphatic heterocycles. The van der Waals surface area contributed by atoms with E-state index >= 15 is 0 Å². The van der Waals surface area contributed by atoms with Crippen LogP contribution in [0.2, 0.25) is 0 Å². The Hall–Kier alpha value is -1.34. The number of nitrogens with two attached hydrogens (primary N) is 1. The Morgan fingerprint density at radius 1 is 1.57 bits per heavy atom. The normalized spacial score (nSPS) is 12.1. The van der Waals surface area contributed by atoms with Crippen LogP contribution in [-0.4, -0.2) is 50.1 Å². The smallest absolute Gasteiger partial charge is 0.404 e. The molecule has 0 saturated carbocycles. The van der Waals surface area contributed by atoms with E-state index in [2.05, 4.69) is 14.8 Å². The molecule has 1 amide bonds. The number of carboxylic acid groups (broad SMARTS) is 1. The highest BCUT2D eigenvalue weighted by molar-refractivity contribution is 5.73. The molecular formula is C7H14N2O5. The summed E-state index contributed by atoms with van der Waals surface area (Å²) in [4.78, 5) is 20.7. The van der Waals surface area contributed by atoms with Gasteiger partial charge in [-0.2, -0.15) is 0 Å². The van der Waals surface area contributed by atoms with E-state index in [0.717, 1.165) is 0 Å². The van der Waals surface area contributed by atoms with E-state index in [1.54, 1.807) is 0 Å². The summed E-state index contributed by atoms with van der Waals surface area (Å²) in [7, 11) is 1.40. The van der Waals surface area contributed by atoms with Gasteiger partial charge in [0.1, 0.15) is 12.6 Å². The van der Waals surface area contributed by atoms with Gasteiger partial charge in [-0.1, -0.05) is 0 Å². The second-order valence-corrected chi connectivity index (χ2v) is 2.47. The first-order valence-corrected chi connectivity index (χ1v) is 3.95. The third kappa shape index (κ3) is 6.21. The number of nitrogens with one attached hydrogen (secondary N) is 1. The molecule has 0 aliphatic rings. The van der Waals surface area contributed by atoms with Crippen LogP contribution in [0.25, 0.3) is 0 Å². The van der Waals surface area contributed by atoms with Crippen LogP contribution in [0.4, 0.5) is 4.79 Å². The largest absolute Gasteiger partial charge is 0.480 e. The lowest BCUT2D eigenvalue weighted by molar-refractivity contribution is -0.140. The SMILES string of the molecule is COCC(NCCOC(N)=O)C(=O)O. The van der Waals surface area contributed by atoms with Crippen LogP contribution >= 0.6 is 0 Å². The number of carbonyl (C=O) groups is 2. The van der Waals surface area contributed by atoms with E-state index in [1.807, 2.05) is 0 Å². The average Bonchev–Trinajstić information content (AvgIpc) is 2.09. The molecule has 0 aromatic heterocycles. The van der Waals surface area contributed by atoms with Crippen molar-refractivity contribution >= 4 is 12.1 Å². The predicted octanol–water partition coefficient (Wildman–Crippen LogP) is -1.23. The topological polar surface area (TPSA) is 111 Å². The molecular weight excluding hydrogens is 192 g/mol. The van der Waals surface area contributed by atoms with Gasteiger partial charge in [0, 0.05) is 13.7 Å². The summed E-state index contributed by atoms with van der Waals surface area (Å²) in [6, 6.07) is -0.809. The Morgan fingerprint density at radius 2 is 2.21 bits per heavy atom. The van der Waals surface area contributed by atoms with Crippen LogP contribution < -0.4 is 11.1 Å². The lowest BCUT2D eigenvalue weighted by Crippen LogP contribution is -2.42. The fourth-order valence-electron chi connectivity index (χ4n) is 0.769. The number of carbonyl (C=O) groups excluding carboxylic acids is 1. The molecule has 0 aliphatic carbocycles. The maximum Gasteiger partial charge on any atom is 0.404 e. The van der Waals surface area contributed by atoms with Gasteiger partial charge in [-0.25, -0.2) is 4.79 Å². The molecule has 1 unspecified atom stereocenters. The van der Waals surface area contributed by atoms with Gasteiger partial charge in [-0.05, 0) is 0 Å². The molecule has 0 fully saturated rings. The van der Waals surface area contributed by atoms with E-state index < -0.39 is 18.1 Å². The van der Waals surface area contributed by atoms with Gasteiger partial charge in [0.25, 0.3) is 0 Å². The third-order valence-corrected chi connectivity index (χ3v) is 1.37. The highest BCUT2D eigenvalue weighted by Crippen LogP contribution is 1.85.